The minimum absolute atomic E-state index is 0.172. The number of rotatable bonds is 3. The second-order valence-electron chi connectivity index (χ2n) is 6.85. The number of nitrogens with one attached hydrogen (secondary N) is 1. The fraction of sp³-hybridized carbons (Fsp3) is 0.238. The summed E-state index contributed by atoms with van der Waals surface area (Å²) in [6.45, 7) is 4.17. The number of aryl methyl sites for hydroxylation is 1. The number of para-hydroxylation sites is 1. The molecular weight excluding hydrogens is 310 g/mol. The van der Waals surface area contributed by atoms with E-state index >= 15 is 0 Å². The van der Waals surface area contributed by atoms with Crippen LogP contribution in [0.25, 0.3) is 5.69 Å². The topological polar surface area (TPSA) is 46.9 Å². The van der Waals surface area contributed by atoms with Crippen molar-refractivity contribution in [2.45, 2.75) is 26.7 Å². The third-order valence-electron chi connectivity index (χ3n) is 4.62. The molecule has 3 aromatic rings. The molecule has 2 aromatic carbocycles. The highest BCUT2D eigenvalue weighted by Gasteiger charge is 2.31. The van der Waals surface area contributed by atoms with Gasteiger partial charge in [0.05, 0.1) is 16.9 Å². The molecule has 1 atom stereocenters. The van der Waals surface area contributed by atoms with Gasteiger partial charge in [0, 0.05) is 12.1 Å². The highest BCUT2D eigenvalue weighted by Crippen LogP contribution is 2.33. The monoisotopic (exact) mass is 331 g/mol. The van der Waals surface area contributed by atoms with Crippen molar-refractivity contribution >= 4 is 17.3 Å². The second-order valence-corrected chi connectivity index (χ2v) is 6.85. The normalized spacial score (nSPS) is 16.6. The van der Waals surface area contributed by atoms with Gasteiger partial charge in [-0.05, 0) is 49.1 Å². The van der Waals surface area contributed by atoms with Gasteiger partial charge >= 0.3 is 0 Å². The SMILES string of the molecule is Cc1cccc(Nc2nn(-c3ccccc3)c3c2C(=O)CC(C)C3)c1. The van der Waals surface area contributed by atoms with E-state index in [4.69, 9.17) is 5.10 Å². The number of hydrogen-bond donors (Lipinski definition) is 1. The zero-order valence-electron chi connectivity index (χ0n) is 14.5. The van der Waals surface area contributed by atoms with E-state index in [1.807, 2.05) is 47.1 Å². The van der Waals surface area contributed by atoms with E-state index in [0.717, 1.165) is 29.1 Å². The van der Waals surface area contributed by atoms with Crippen LogP contribution in [0.15, 0.2) is 54.6 Å². The van der Waals surface area contributed by atoms with Crippen molar-refractivity contribution in [1.29, 1.82) is 0 Å². The summed E-state index contributed by atoms with van der Waals surface area (Å²) in [6, 6.07) is 18.1. The summed E-state index contributed by atoms with van der Waals surface area (Å²) < 4.78 is 1.92. The van der Waals surface area contributed by atoms with Gasteiger partial charge < -0.3 is 5.32 Å². The van der Waals surface area contributed by atoms with Crippen molar-refractivity contribution in [3.8, 4) is 5.69 Å². The molecule has 0 aliphatic heterocycles. The number of ketones is 1. The van der Waals surface area contributed by atoms with Gasteiger partial charge in [0.25, 0.3) is 0 Å². The van der Waals surface area contributed by atoms with Crippen LogP contribution in [-0.2, 0) is 6.42 Å². The summed E-state index contributed by atoms with van der Waals surface area (Å²) in [7, 11) is 0. The molecule has 1 N–H and O–H groups in total. The lowest BCUT2D eigenvalue weighted by atomic mass is 9.87. The summed E-state index contributed by atoms with van der Waals surface area (Å²) in [5.41, 5.74) is 4.85. The third kappa shape index (κ3) is 2.95. The number of Topliss-reactive ketones (excluding diaryl/α,β-unsaturated/α-hetero) is 1. The Morgan fingerprint density at radius 1 is 1.08 bits per heavy atom. The minimum atomic E-state index is 0.172. The van der Waals surface area contributed by atoms with Crippen molar-refractivity contribution < 1.29 is 4.79 Å². The number of carbonyl (C=O) groups excluding carboxylic acids is 1. The molecule has 4 rings (SSSR count). The van der Waals surface area contributed by atoms with Gasteiger partial charge in [-0.25, -0.2) is 4.68 Å². The van der Waals surface area contributed by atoms with Crippen molar-refractivity contribution in [3.63, 3.8) is 0 Å². The molecule has 1 aliphatic carbocycles. The lowest BCUT2D eigenvalue weighted by molar-refractivity contribution is 0.0953. The molecular formula is C21H21N3O. The van der Waals surface area contributed by atoms with E-state index in [1.54, 1.807) is 0 Å². The fourth-order valence-electron chi connectivity index (χ4n) is 3.49. The third-order valence-corrected chi connectivity index (χ3v) is 4.62. The molecule has 1 unspecified atom stereocenters. The molecule has 0 radical (unpaired) electrons. The predicted octanol–water partition coefficient (Wildman–Crippen LogP) is 4.69. The quantitative estimate of drug-likeness (QED) is 0.757. The largest absolute Gasteiger partial charge is 0.338 e. The first kappa shape index (κ1) is 15.6. The van der Waals surface area contributed by atoms with Gasteiger partial charge in [0.15, 0.2) is 11.6 Å². The van der Waals surface area contributed by atoms with Gasteiger partial charge in [0.1, 0.15) is 0 Å². The Kier molecular flexibility index (Phi) is 3.88. The summed E-state index contributed by atoms with van der Waals surface area (Å²) in [5, 5.41) is 8.11. The van der Waals surface area contributed by atoms with Crippen molar-refractivity contribution in [2.75, 3.05) is 5.32 Å². The molecule has 0 saturated carbocycles. The molecule has 4 nitrogen and oxygen atoms in total. The van der Waals surface area contributed by atoms with Crippen LogP contribution in [0.1, 0.15) is 35.0 Å². The van der Waals surface area contributed by atoms with Gasteiger partial charge in [-0.15, -0.1) is 5.10 Å². The molecule has 0 bridgehead atoms. The van der Waals surface area contributed by atoms with Crippen molar-refractivity contribution in [1.82, 2.24) is 9.78 Å². The first-order chi connectivity index (χ1) is 12.1. The summed E-state index contributed by atoms with van der Waals surface area (Å²) in [4.78, 5) is 12.7. The van der Waals surface area contributed by atoms with Gasteiger partial charge in [-0.3, -0.25) is 4.79 Å². The van der Waals surface area contributed by atoms with Crippen LogP contribution in [0.4, 0.5) is 11.5 Å². The Hall–Kier alpha value is -2.88. The maximum atomic E-state index is 12.7. The van der Waals surface area contributed by atoms with Crippen LogP contribution >= 0.6 is 0 Å². The predicted molar refractivity (Wildman–Crippen MR) is 99.8 cm³/mol. The highest BCUT2D eigenvalue weighted by atomic mass is 16.1. The van der Waals surface area contributed by atoms with E-state index in [9.17, 15) is 4.79 Å². The zero-order chi connectivity index (χ0) is 17.4. The number of nitrogens with zero attached hydrogens (tertiary/aromatic N) is 2. The van der Waals surface area contributed by atoms with E-state index in [2.05, 4.69) is 31.3 Å². The number of fused-ring (bicyclic) bond motifs is 1. The first-order valence-electron chi connectivity index (χ1n) is 8.66. The molecule has 1 heterocycles. The van der Waals surface area contributed by atoms with Crippen LogP contribution < -0.4 is 5.32 Å². The van der Waals surface area contributed by atoms with E-state index in [0.29, 0.717) is 18.2 Å². The molecule has 126 valence electrons. The molecule has 1 aliphatic rings. The zero-order valence-corrected chi connectivity index (χ0v) is 14.5. The standard InChI is InChI=1S/C21H21N3O/c1-14-7-6-8-16(11-14)22-21-20-18(12-15(2)13-19(20)25)24(23-21)17-9-4-3-5-10-17/h3-11,15H,12-13H2,1-2H3,(H,22,23). The van der Waals surface area contributed by atoms with Crippen LogP contribution in [0.5, 0.6) is 0 Å². The molecule has 0 saturated heterocycles. The van der Waals surface area contributed by atoms with Crippen molar-refractivity contribution in [3.05, 3.63) is 71.4 Å². The molecule has 0 fully saturated rings. The molecule has 0 amide bonds. The Morgan fingerprint density at radius 2 is 1.88 bits per heavy atom. The molecule has 4 heteroatoms. The summed E-state index contributed by atoms with van der Waals surface area (Å²) >= 11 is 0. The summed E-state index contributed by atoms with van der Waals surface area (Å²) in [6.07, 6.45) is 1.44. The van der Waals surface area contributed by atoms with Crippen LogP contribution in [0.2, 0.25) is 0 Å². The Bertz CT molecular complexity index is 928. The van der Waals surface area contributed by atoms with Gasteiger partial charge in [-0.1, -0.05) is 37.3 Å². The minimum Gasteiger partial charge on any atom is -0.338 e. The number of aromatic nitrogens is 2. The summed E-state index contributed by atoms with van der Waals surface area (Å²) in [5.74, 6) is 1.17. The Labute approximate surface area is 147 Å². The lowest BCUT2D eigenvalue weighted by Gasteiger charge is -2.19. The maximum Gasteiger partial charge on any atom is 0.168 e. The number of benzene rings is 2. The molecule has 1 aromatic heterocycles. The molecule has 0 spiro atoms. The maximum absolute atomic E-state index is 12.7. The average Bonchev–Trinajstić information content (AvgIpc) is 2.94. The van der Waals surface area contributed by atoms with Gasteiger partial charge in [-0.2, -0.15) is 0 Å². The Balaban J connectivity index is 1.83. The molecule has 25 heavy (non-hydrogen) atoms. The van der Waals surface area contributed by atoms with Crippen molar-refractivity contribution in [2.24, 2.45) is 5.92 Å². The second kappa shape index (κ2) is 6.20. The smallest absolute Gasteiger partial charge is 0.168 e. The van der Waals surface area contributed by atoms with Crippen LogP contribution in [-0.4, -0.2) is 15.6 Å². The van der Waals surface area contributed by atoms with Crippen LogP contribution in [0, 0.1) is 12.8 Å². The van der Waals surface area contributed by atoms with E-state index in [-0.39, 0.29) is 5.78 Å². The Morgan fingerprint density at radius 3 is 2.64 bits per heavy atom. The lowest BCUT2D eigenvalue weighted by Crippen LogP contribution is -2.19. The first-order valence-corrected chi connectivity index (χ1v) is 8.66. The fourth-order valence-corrected chi connectivity index (χ4v) is 3.49. The van der Waals surface area contributed by atoms with E-state index < -0.39 is 0 Å². The average molecular weight is 331 g/mol. The van der Waals surface area contributed by atoms with Gasteiger partial charge in [0.2, 0.25) is 0 Å². The number of hydrogen-bond acceptors (Lipinski definition) is 3. The number of carbonyl (C=O) groups is 1. The van der Waals surface area contributed by atoms with E-state index in [1.165, 1.54) is 5.56 Å². The van der Waals surface area contributed by atoms with Crippen LogP contribution in [0.3, 0.4) is 0 Å². The highest BCUT2D eigenvalue weighted by molar-refractivity contribution is 6.03. The number of anilines is 2.